The van der Waals surface area contributed by atoms with Crippen molar-refractivity contribution in [2.24, 2.45) is 0 Å². The molecule has 0 bridgehead atoms. The normalized spacial score (nSPS) is 24.7. The van der Waals surface area contributed by atoms with Crippen molar-refractivity contribution in [1.29, 1.82) is 0 Å². The summed E-state index contributed by atoms with van der Waals surface area (Å²) in [6, 6.07) is 6.15. The van der Waals surface area contributed by atoms with Crippen molar-refractivity contribution >= 4 is 0 Å². The molecule has 2 aliphatic rings. The summed E-state index contributed by atoms with van der Waals surface area (Å²) in [5.74, 6) is 0.986. The summed E-state index contributed by atoms with van der Waals surface area (Å²) in [5, 5.41) is 9.72. The minimum Gasteiger partial charge on any atom is -0.490 e. The molecule has 1 aromatic rings. The van der Waals surface area contributed by atoms with Gasteiger partial charge in [-0.15, -0.1) is 0 Å². The number of aliphatic hydroxyl groups is 1. The molecule has 0 spiro atoms. The fraction of sp³-hybridized carbons (Fsp3) is 0.571. The Morgan fingerprint density at radius 3 is 2.75 bits per heavy atom. The third-order valence-electron chi connectivity index (χ3n) is 3.77. The van der Waals surface area contributed by atoms with Gasteiger partial charge in [0.2, 0.25) is 0 Å². The van der Waals surface area contributed by atoms with Gasteiger partial charge in [0.05, 0.1) is 12.2 Å². The molecule has 0 radical (unpaired) electrons. The maximum Gasteiger partial charge on any atom is 0.120 e. The zero-order chi connectivity index (χ0) is 11.0. The Balaban J connectivity index is 1.76. The molecule has 1 fully saturated rings. The van der Waals surface area contributed by atoms with Gasteiger partial charge in [-0.05, 0) is 61.8 Å². The number of rotatable bonds is 2. The highest BCUT2D eigenvalue weighted by Crippen LogP contribution is 2.34. The first-order valence-electron chi connectivity index (χ1n) is 6.30. The first kappa shape index (κ1) is 10.2. The molecule has 1 atom stereocenters. The summed E-state index contributed by atoms with van der Waals surface area (Å²) < 4.78 is 5.95. The summed E-state index contributed by atoms with van der Waals surface area (Å²) in [4.78, 5) is 0. The van der Waals surface area contributed by atoms with Crippen LogP contribution in [-0.4, -0.2) is 11.2 Å². The Morgan fingerprint density at radius 1 is 1.12 bits per heavy atom. The number of fused-ring (bicyclic) bond motifs is 1. The van der Waals surface area contributed by atoms with E-state index in [1.165, 1.54) is 31.2 Å². The second-order valence-electron chi connectivity index (χ2n) is 4.94. The molecule has 16 heavy (non-hydrogen) atoms. The van der Waals surface area contributed by atoms with Gasteiger partial charge in [0.1, 0.15) is 5.75 Å². The Labute approximate surface area is 96.2 Å². The zero-order valence-electron chi connectivity index (χ0n) is 9.48. The molecular weight excluding hydrogens is 200 g/mol. The number of hydrogen-bond donors (Lipinski definition) is 1. The maximum absolute atomic E-state index is 9.72. The highest BCUT2D eigenvalue weighted by molar-refractivity contribution is 5.39. The molecule has 0 heterocycles. The molecule has 0 unspecified atom stereocenters. The van der Waals surface area contributed by atoms with E-state index in [0.29, 0.717) is 6.10 Å². The van der Waals surface area contributed by atoms with E-state index in [1.807, 2.05) is 12.1 Å². The molecule has 0 saturated heterocycles. The van der Waals surface area contributed by atoms with Gasteiger partial charge in [-0.2, -0.15) is 0 Å². The maximum atomic E-state index is 9.72. The largest absolute Gasteiger partial charge is 0.490 e. The van der Waals surface area contributed by atoms with Gasteiger partial charge in [-0.3, -0.25) is 0 Å². The molecule has 0 amide bonds. The van der Waals surface area contributed by atoms with Crippen molar-refractivity contribution in [2.45, 2.75) is 50.7 Å². The third-order valence-corrected chi connectivity index (χ3v) is 3.77. The lowest BCUT2D eigenvalue weighted by Gasteiger charge is -2.14. The second kappa shape index (κ2) is 4.10. The van der Waals surface area contributed by atoms with Crippen molar-refractivity contribution in [3.05, 3.63) is 29.3 Å². The average Bonchev–Trinajstić information content (AvgIpc) is 2.90. The fourth-order valence-corrected chi connectivity index (χ4v) is 2.84. The van der Waals surface area contributed by atoms with Gasteiger partial charge in [-0.25, -0.2) is 0 Å². The van der Waals surface area contributed by atoms with Crippen LogP contribution in [0.5, 0.6) is 5.75 Å². The lowest BCUT2D eigenvalue weighted by Crippen LogP contribution is -2.10. The van der Waals surface area contributed by atoms with Crippen molar-refractivity contribution in [2.75, 3.05) is 0 Å². The Hall–Kier alpha value is -1.02. The molecule has 1 aromatic carbocycles. The number of ether oxygens (including phenoxy) is 1. The van der Waals surface area contributed by atoms with E-state index in [4.69, 9.17) is 4.74 Å². The van der Waals surface area contributed by atoms with E-state index in [2.05, 4.69) is 6.07 Å². The lowest BCUT2D eigenvalue weighted by atomic mass is 10.1. The predicted octanol–water partition coefficient (Wildman–Crippen LogP) is 2.99. The number of aryl methyl sites for hydroxylation is 1. The first-order valence-corrected chi connectivity index (χ1v) is 6.30. The van der Waals surface area contributed by atoms with E-state index < -0.39 is 0 Å². The smallest absolute Gasteiger partial charge is 0.120 e. The minimum atomic E-state index is -0.254. The first-order chi connectivity index (χ1) is 7.83. The minimum absolute atomic E-state index is 0.254. The molecule has 2 nitrogen and oxygen atoms in total. The van der Waals surface area contributed by atoms with Crippen LogP contribution in [0.4, 0.5) is 0 Å². The quantitative estimate of drug-likeness (QED) is 0.827. The van der Waals surface area contributed by atoms with Crippen molar-refractivity contribution in [1.82, 2.24) is 0 Å². The van der Waals surface area contributed by atoms with Gasteiger partial charge in [0.15, 0.2) is 0 Å². The summed E-state index contributed by atoms with van der Waals surface area (Å²) in [5.41, 5.74) is 2.36. The standard InChI is InChI=1S/C14H18O2/c15-14-8-5-10-9-12(6-7-13(10)14)16-11-3-1-2-4-11/h6-7,9,11,14-15H,1-5,8H2/t14-/m0/s1. The van der Waals surface area contributed by atoms with E-state index in [1.54, 1.807) is 0 Å². The molecule has 3 rings (SSSR count). The van der Waals surface area contributed by atoms with Crippen molar-refractivity contribution in [3.8, 4) is 5.75 Å². The van der Waals surface area contributed by atoms with Crippen molar-refractivity contribution < 1.29 is 9.84 Å². The van der Waals surface area contributed by atoms with E-state index in [-0.39, 0.29) is 6.10 Å². The van der Waals surface area contributed by atoms with E-state index >= 15 is 0 Å². The van der Waals surface area contributed by atoms with Crippen LogP contribution in [0.3, 0.4) is 0 Å². The predicted molar refractivity (Wildman–Crippen MR) is 62.6 cm³/mol. The van der Waals surface area contributed by atoms with E-state index in [0.717, 1.165) is 24.2 Å². The summed E-state index contributed by atoms with van der Waals surface area (Å²) in [6.07, 6.45) is 7.00. The van der Waals surface area contributed by atoms with Crippen LogP contribution in [0.25, 0.3) is 0 Å². The number of benzene rings is 1. The van der Waals surface area contributed by atoms with Crippen LogP contribution in [0.2, 0.25) is 0 Å². The van der Waals surface area contributed by atoms with Crippen molar-refractivity contribution in [3.63, 3.8) is 0 Å². The van der Waals surface area contributed by atoms with Gasteiger partial charge >= 0.3 is 0 Å². The molecule has 2 aliphatic carbocycles. The van der Waals surface area contributed by atoms with Gasteiger partial charge in [0, 0.05) is 0 Å². The monoisotopic (exact) mass is 218 g/mol. The van der Waals surface area contributed by atoms with Crippen LogP contribution in [0.1, 0.15) is 49.3 Å². The molecule has 2 heteroatoms. The highest BCUT2D eigenvalue weighted by atomic mass is 16.5. The Morgan fingerprint density at radius 2 is 1.94 bits per heavy atom. The van der Waals surface area contributed by atoms with Crippen LogP contribution in [0, 0.1) is 0 Å². The van der Waals surface area contributed by atoms with Gasteiger partial charge in [-0.1, -0.05) is 6.07 Å². The van der Waals surface area contributed by atoms with Crippen LogP contribution >= 0.6 is 0 Å². The average molecular weight is 218 g/mol. The Kier molecular flexibility index (Phi) is 2.60. The van der Waals surface area contributed by atoms with Crippen LogP contribution in [0.15, 0.2) is 18.2 Å². The van der Waals surface area contributed by atoms with Crippen LogP contribution < -0.4 is 4.74 Å². The van der Waals surface area contributed by atoms with E-state index in [9.17, 15) is 5.11 Å². The molecule has 1 N–H and O–H groups in total. The fourth-order valence-electron chi connectivity index (χ4n) is 2.84. The topological polar surface area (TPSA) is 29.5 Å². The summed E-state index contributed by atoms with van der Waals surface area (Å²) >= 11 is 0. The molecule has 0 aromatic heterocycles. The third kappa shape index (κ3) is 1.82. The Bertz CT molecular complexity index is 380. The molecule has 86 valence electrons. The van der Waals surface area contributed by atoms with Gasteiger partial charge in [0.25, 0.3) is 0 Å². The van der Waals surface area contributed by atoms with Crippen LogP contribution in [-0.2, 0) is 6.42 Å². The molecular formula is C14H18O2. The second-order valence-corrected chi connectivity index (χ2v) is 4.94. The highest BCUT2D eigenvalue weighted by Gasteiger charge is 2.21. The lowest BCUT2D eigenvalue weighted by molar-refractivity contribution is 0.180. The summed E-state index contributed by atoms with van der Waals surface area (Å²) in [7, 11) is 0. The van der Waals surface area contributed by atoms with Gasteiger partial charge < -0.3 is 9.84 Å². The number of hydrogen-bond acceptors (Lipinski definition) is 2. The number of aliphatic hydroxyl groups excluding tert-OH is 1. The summed E-state index contributed by atoms with van der Waals surface area (Å²) in [6.45, 7) is 0. The zero-order valence-corrected chi connectivity index (χ0v) is 9.48. The molecule has 0 aliphatic heterocycles. The molecule has 1 saturated carbocycles. The SMILES string of the molecule is O[C@H]1CCc2cc(OC3CCCC3)ccc21.